The quantitative estimate of drug-likeness (QED) is 0.684. The normalized spacial score (nSPS) is 13.6. The van der Waals surface area contributed by atoms with E-state index in [1.165, 1.54) is 0 Å². The summed E-state index contributed by atoms with van der Waals surface area (Å²) in [6.45, 7) is 3.40. The lowest BCUT2D eigenvalue weighted by Gasteiger charge is -2.28. The highest BCUT2D eigenvalue weighted by molar-refractivity contribution is 5.92. The van der Waals surface area contributed by atoms with Crippen molar-refractivity contribution in [3.05, 3.63) is 47.9 Å². The molecule has 0 aliphatic rings. The van der Waals surface area contributed by atoms with Gasteiger partial charge in [-0.15, -0.1) is 0 Å². The van der Waals surface area contributed by atoms with E-state index < -0.39 is 18.0 Å². The van der Waals surface area contributed by atoms with Crippen LogP contribution < -0.4 is 11.5 Å². The zero-order chi connectivity index (χ0) is 17.5. The minimum absolute atomic E-state index is 0.263. The van der Waals surface area contributed by atoms with Crippen molar-refractivity contribution >= 4 is 11.0 Å². The summed E-state index contributed by atoms with van der Waals surface area (Å²) in [5.41, 5.74) is 13.0. The van der Waals surface area contributed by atoms with Crippen molar-refractivity contribution in [2.45, 2.75) is 31.9 Å². The Morgan fingerprint density at radius 2 is 1.96 bits per heavy atom. The average Bonchev–Trinajstić information content (AvgIpc) is 2.96. The molecule has 0 amide bonds. The third-order valence-electron chi connectivity index (χ3n) is 4.03. The van der Waals surface area contributed by atoms with Gasteiger partial charge in [0.05, 0.1) is 5.69 Å². The van der Waals surface area contributed by atoms with Gasteiger partial charge >= 0.3 is 0 Å². The summed E-state index contributed by atoms with van der Waals surface area (Å²) in [5.74, 6) is 0. The largest absolute Gasteiger partial charge is 0.345 e. The fourth-order valence-electron chi connectivity index (χ4n) is 2.64. The van der Waals surface area contributed by atoms with Gasteiger partial charge in [0.1, 0.15) is 11.3 Å². The number of fused-ring (bicyclic) bond motifs is 1. The lowest BCUT2D eigenvalue weighted by molar-refractivity contribution is 0.143. The van der Waals surface area contributed by atoms with Gasteiger partial charge in [-0.2, -0.15) is 0 Å². The molecule has 3 aromatic rings. The highest BCUT2D eigenvalue weighted by atomic mass is 19.3. The van der Waals surface area contributed by atoms with Crippen LogP contribution in [0.15, 0.2) is 36.7 Å². The molecule has 1 unspecified atom stereocenters. The third kappa shape index (κ3) is 2.88. The van der Waals surface area contributed by atoms with Gasteiger partial charge < -0.3 is 16.5 Å². The average molecular weight is 331 g/mol. The number of halogens is 2. The molecule has 0 radical (unpaired) electrons. The second-order valence-corrected chi connectivity index (χ2v) is 6.37. The van der Waals surface area contributed by atoms with Crippen LogP contribution in [0, 0.1) is 0 Å². The summed E-state index contributed by atoms with van der Waals surface area (Å²) in [5, 5.41) is 0.821. The molecule has 0 fully saturated rings. The SMILES string of the molecule is CC(C)(N)C(N)c1ccc(-c2c[nH]c3ncccc23)nc1C(F)F. The Kier molecular flexibility index (Phi) is 4.06. The smallest absolute Gasteiger partial charge is 0.280 e. The van der Waals surface area contributed by atoms with Crippen LogP contribution in [-0.4, -0.2) is 20.5 Å². The van der Waals surface area contributed by atoms with Crippen molar-refractivity contribution < 1.29 is 8.78 Å². The Labute approximate surface area is 138 Å². The predicted molar refractivity (Wildman–Crippen MR) is 89.5 cm³/mol. The zero-order valence-corrected chi connectivity index (χ0v) is 13.4. The predicted octanol–water partition coefficient (Wildman–Crippen LogP) is 3.30. The molecule has 0 saturated carbocycles. The van der Waals surface area contributed by atoms with E-state index >= 15 is 0 Å². The molecule has 5 N–H and O–H groups in total. The Morgan fingerprint density at radius 3 is 2.62 bits per heavy atom. The van der Waals surface area contributed by atoms with Crippen LogP contribution in [-0.2, 0) is 0 Å². The summed E-state index contributed by atoms with van der Waals surface area (Å²) >= 11 is 0. The number of alkyl halides is 2. The van der Waals surface area contributed by atoms with Gasteiger partial charge in [0, 0.05) is 34.9 Å². The van der Waals surface area contributed by atoms with E-state index in [4.69, 9.17) is 11.5 Å². The maximum atomic E-state index is 13.5. The van der Waals surface area contributed by atoms with Gasteiger partial charge in [0.2, 0.25) is 0 Å². The van der Waals surface area contributed by atoms with Gasteiger partial charge in [0.15, 0.2) is 0 Å². The van der Waals surface area contributed by atoms with Crippen LogP contribution in [0.2, 0.25) is 0 Å². The van der Waals surface area contributed by atoms with Crippen LogP contribution in [0.4, 0.5) is 8.78 Å². The number of nitrogens with zero attached hydrogens (tertiary/aromatic N) is 2. The van der Waals surface area contributed by atoms with Crippen LogP contribution in [0.3, 0.4) is 0 Å². The Balaban J connectivity index is 2.13. The second kappa shape index (κ2) is 5.92. The minimum Gasteiger partial charge on any atom is -0.345 e. The number of rotatable bonds is 4. The number of nitrogens with one attached hydrogen (secondary N) is 1. The number of nitrogens with two attached hydrogens (primary N) is 2. The zero-order valence-electron chi connectivity index (χ0n) is 13.4. The lowest BCUT2D eigenvalue weighted by Crippen LogP contribution is -2.44. The third-order valence-corrected chi connectivity index (χ3v) is 4.03. The van der Waals surface area contributed by atoms with Crippen molar-refractivity contribution in [1.29, 1.82) is 0 Å². The molecular weight excluding hydrogens is 312 g/mol. The van der Waals surface area contributed by atoms with Gasteiger partial charge in [-0.25, -0.2) is 18.7 Å². The van der Waals surface area contributed by atoms with Gasteiger partial charge in [-0.1, -0.05) is 6.07 Å². The summed E-state index contributed by atoms with van der Waals surface area (Å²) in [4.78, 5) is 11.4. The van der Waals surface area contributed by atoms with Crippen LogP contribution in [0.1, 0.15) is 37.6 Å². The summed E-state index contributed by atoms with van der Waals surface area (Å²) in [6.07, 6.45) is 0.630. The molecule has 0 bridgehead atoms. The van der Waals surface area contributed by atoms with E-state index in [1.807, 2.05) is 6.07 Å². The number of hydrogen-bond donors (Lipinski definition) is 3. The van der Waals surface area contributed by atoms with Gasteiger partial charge in [0.25, 0.3) is 6.43 Å². The summed E-state index contributed by atoms with van der Waals surface area (Å²) in [6, 6.07) is 6.17. The summed E-state index contributed by atoms with van der Waals surface area (Å²) in [7, 11) is 0. The van der Waals surface area contributed by atoms with Crippen molar-refractivity contribution in [2.24, 2.45) is 11.5 Å². The van der Waals surface area contributed by atoms with Crippen molar-refractivity contribution in [3.63, 3.8) is 0 Å². The van der Waals surface area contributed by atoms with Gasteiger partial charge in [-0.05, 0) is 37.6 Å². The molecule has 1 atom stereocenters. The first-order valence-corrected chi connectivity index (χ1v) is 7.55. The van der Waals surface area contributed by atoms with Crippen molar-refractivity contribution in [1.82, 2.24) is 15.0 Å². The molecule has 0 aliphatic heterocycles. The first-order chi connectivity index (χ1) is 11.3. The molecule has 5 nitrogen and oxygen atoms in total. The van der Waals surface area contributed by atoms with Crippen LogP contribution >= 0.6 is 0 Å². The minimum atomic E-state index is -2.74. The Hall–Kier alpha value is -2.38. The molecule has 3 heterocycles. The van der Waals surface area contributed by atoms with E-state index in [-0.39, 0.29) is 11.3 Å². The topological polar surface area (TPSA) is 93.6 Å². The number of H-pyrrole nitrogens is 1. The highest BCUT2D eigenvalue weighted by Gasteiger charge is 2.29. The van der Waals surface area contributed by atoms with Gasteiger partial charge in [-0.3, -0.25) is 0 Å². The molecule has 3 rings (SSSR count). The summed E-state index contributed by atoms with van der Waals surface area (Å²) < 4.78 is 27.1. The molecule has 0 spiro atoms. The molecule has 0 saturated heterocycles. The monoisotopic (exact) mass is 331 g/mol. The number of hydrogen-bond acceptors (Lipinski definition) is 4. The number of pyridine rings is 2. The van der Waals surface area contributed by atoms with E-state index in [0.717, 1.165) is 5.39 Å². The second-order valence-electron chi connectivity index (χ2n) is 6.37. The highest BCUT2D eigenvalue weighted by Crippen LogP contribution is 2.33. The lowest BCUT2D eigenvalue weighted by atomic mass is 9.89. The molecule has 24 heavy (non-hydrogen) atoms. The standard InChI is InChI=1S/C17H19F2N5/c1-17(2,21)14(20)10-5-6-12(24-13(10)15(18)19)11-8-23-16-9(11)4-3-7-22-16/h3-8,14-15H,20-21H2,1-2H3,(H,22,23). The van der Waals surface area contributed by atoms with Crippen LogP contribution in [0.25, 0.3) is 22.3 Å². The van der Waals surface area contributed by atoms with E-state index in [0.29, 0.717) is 16.9 Å². The van der Waals surface area contributed by atoms with Crippen molar-refractivity contribution in [2.75, 3.05) is 0 Å². The maximum absolute atomic E-state index is 13.5. The van der Waals surface area contributed by atoms with E-state index in [1.54, 1.807) is 44.4 Å². The Morgan fingerprint density at radius 1 is 1.21 bits per heavy atom. The number of aromatic amines is 1. The molecule has 0 aromatic carbocycles. The Bertz CT molecular complexity index is 867. The maximum Gasteiger partial charge on any atom is 0.280 e. The van der Waals surface area contributed by atoms with E-state index in [2.05, 4.69) is 15.0 Å². The molecule has 126 valence electrons. The molecule has 7 heteroatoms. The molecule has 3 aromatic heterocycles. The first kappa shape index (κ1) is 16.5. The molecule has 0 aliphatic carbocycles. The fourth-order valence-corrected chi connectivity index (χ4v) is 2.64. The number of aromatic nitrogens is 3. The van der Waals surface area contributed by atoms with Crippen molar-refractivity contribution in [3.8, 4) is 11.3 Å². The molecular formula is C17H19F2N5. The van der Waals surface area contributed by atoms with Crippen LogP contribution in [0.5, 0.6) is 0 Å². The fraction of sp³-hybridized carbons (Fsp3) is 0.294. The first-order valence-electron chi connectivity index (χ1n) is 7.55. The van der Waals surface area contributed by atoms with E-state index in [9.17, 15) is 8.78 Å².